The van der Waals surface area contributed by atoms with Crippen molar-refractivity contribution in [2.45, 2.75) is 57.4 Å². The summed E-state index contributed by atoms with van der Waals surface area (Å²) < 4.78 is 0. The van der Waals surface area contributed by atoms with Crippen molar-refractivity contribution in [3.05, 3.63) is 0 Å². The number of hydrogen-bond donors (Lipinski definition) is 2. The van der Waals surface area contributed by atoms with E-state index in [1.54, 1.807) is 0 Å². The monoisotopic (exact) mass is 268 g/mol. The van der Waals surface area contributed by atoms with Crippen LogP contribution in [0, 0.1) is 5.92 Å². The van der Waals surface area contributed by atoms with Gasteiger partial charge in [0.1, 0.15) is 0 Å². The van der Waals surface area contributed by atoms with Gasteiger partial charge in [0, 0.05) is 25.6 Å². The first-order chi connectivity index (χ1) is 9.16. The third kappa shape index (κ3) is 4.11. The molecule has 2 aliphatic rings. The second-order valence-electron chi connectivity index (χ2n) is 5.78. The van der Waals surface area contributed by atoms with Crippen LogP contribution in [-0.2, 0) is 4.79 Å². The topological polar surface area (TPSA) is 69.6 Å². The maximum absolute atomic E-state index is 12.0. The van der Waals surface area contributed by atoms with E-state index in [9.17, 15) is 9.59 Å². The van der Waals surface area contributed by atoms with Gasteiger partial charge < -0.3 is 15.3 Å². The van der Waals surface area contributed by atoms with Crippen LogP contribution in [0.1, 0.15) is 51.4 Å². The van der Waals surface area contributed by atoms with Crippen LogP contribution in [0.25, 0.3) is 0 Å². The Balaban J connectivity index is 1.49. The highest BCUT2D eigenvalue weighted by Gasteiger charge is 2.39. The second kappa shape index (κ2) is 6.78. The fourth-order valence-electron chi connectivity index (χ4n) is 3.23. The summed E-state index contributed by atoms with van der Waals surface area (Å²) in [6.45, 7) is 1.65. The zero-order valence-electron chi connectivity index (χ0n) is 11.4. The Labute approximate surface area is 114 Å². The number of unbranched alkanes of at least 4 members (excludes halogenated alkanes) is 3. The van der Waals surface area contributed by atoms with E-state index in [2.05, 4.69) is 5.32 Å². The smallest absolute Gasteiger partial charge is 0.317 e. The molecule has 19 heavy (non-hydrogen) atoms. The molecule has 0 aromatic rings. The molecular weight excluding hydrogens is 244 g/mol. The molecule has 2 atom stereocenters. The predicted octanol–water partition coefficient (Wildman–Crippen LogP) is 2.22. The lowest BCUT2D eigenvalue weighted by Gasteiger charge is -2.27. The number of carbonyl (C=O) groups excluding carboxylic acids is 1. The number of carbonyl (C=O) groups is 2. The van der Waals surface area contributed by atoms with Crippen molar-refractivity contribution in [1.82, 2.24) is 10.2 Å². The van der Waals surface area contributed by atoms with Crippen molar-refractivity contribution in [3.63, 3.8) is 0 Å². The third-order valence-electron chi connectivity index (χ3n) is 4.26. The molecule has 2 N–H and O–H groups in total. The van der Waals surface area contributed by atoms with Gasteiger partial charge in [0.05, 0.1) is 0 Å². The summed E-state index contributed by atoms with van der Waals surface area (Å²) in [6.07, 6.45) is 7.50. The molecule has 2 amide bonds. The molecule has 2 fully saturated rings. The highest BCUT2D eigenvalue weighted by Crippen LogP contribution is 2.37. The van der Waals surface area contributed by atoms with Crippen molar-refractivity contribution in [3.8, 4) is 0 Å². The molecule has 1 saturated heterocycles. The van der Waals surface area contributed by atoms with Gasteiger partial charge in [-0.05, 0) is 38.0 Å². The van der Waals surface area contributed by atoms with Gasteiger partial charge in [-0.15, -0.1) is 0 Å². The number of hydrogen-bond acceptors (Lipinski definition) is 2. The minimum absolute atomic E-state index is 0.0951. The van der Waals surface area contributed by atoms with Crippen molar-refractivity contribution in [2.24, 2.45) is 5.92 Å². The SMILES string of the molecule is O=C(O)CCCCCCNC(=O)N1CC2CCC1C2. The Bertz CT molecular complexity index is 333. The number of likely N-dealkylation sites (tertiary alicyclic amines) is 1. The Morgan fingerprint density at radius 2 is 1.95 bits per heavy atom. The molecule has 0 radical (unpaired) electrons. The predicted molar refractivity (Wildman–Crippen MR) is 72.0 cm³/mol. The van der Waals surface area contributed by atoms with Crippen LogP contribution in [-0.4, -0.2) is 41.1 Å². The fraction of sp³-hybridized carbons (Fsp3) is 0.857. The minimum atomic E-state index is -0.725. The number of piperidine rings is 1. The largest absolute Gasteiger partial charge is 0.481 e. The number of urea groups is 1. The molecule has 5 heteroatoms. The van der Waals surface area contributed by atoms with Gasteiger partial charge in [-0.25, -0.2) is 4.79 Å². The highest BCUT2D eigenvalue weighted by atomic mass is 16.4. The quantitative estimate of drug-likeness (QED) is 0.695. The number of nitrogens with zero attached hydrogens (tertiary/aromatic N) is 1. The van der Waals surface area contributed by atoms with E-state index in [1.807, 2.05) is 4.90 Å². The molecule has 2 rings (SSSR count). The lowest BCUT2D eigenvalue weighted by molar-refractivity contribution is -0.137. The lowest BCUT2D eigenvalue weighted by Crippen LogP contribution is -2.44. The van der Waals surface area contributed by atoms with Crippen molar-refractivity contribution >= 4 is 12.0 Å². The first-order valence-corrected chi connectivity index (χ1v) is 7.43. The number of nitrogens with one attached hydrogen (secondary N) is 1. The number of rotatable bonds is 7. The Hall–Kier alpha value is -1.26. The van der Waals surface area contributed by atoms with Gasteiger partial charge >= 0.3 is 12.0 Å². The number of fused-ring (bicyclic) bond motifs is 2. The highest BCUT2D eigenvalue weighted by molar-refractivity contribution is 5.75. The van der Waals surface area contributed by atoms with E-state index < -0.39 is 5.97 Å². The molecule has 1 aliphatic carbocycles. The molecule has 1 saturated carbocycles. The molecule has 2 unspecified atom stereocenters. The second-order valence-corrected chi connectivity index (χ2v) is 5.78. The Morgan fingerprint density at radius 3 is 2.58 bits per heavy atom. The van der Waals surface area contributed by atoms with Crippen LogP contribution in [0.2, 0.25) is 0 Å². The summed E-state index contributed by atoms with van der Waals surface area (Å²) in [6, 6.07) is 0.582. The maximum atomic E-state index is 12.0. The molecule has 5 nitrogen and oxygen atoms in total. The van der Waals surface area contributed by atoms with Gasteiger partial charge in [-0.2, -0.15) is 0 Å². The van der Waals surface area contributed by atoms with Gasteiger partial charge in [-0.3, -0.25) is 4.79 Å². The van der Waals surface area contributed by atoms with E-state index in [-0.39, 0.29) is 12.5 Å². The van der Waals surface area contributed by atoms with Crippen LogP contribution in [0.3, 0.4) is 0 Å². The first kappa shape index (κ1) is 14.2. The Morgan fingerprint density at radius 1 is 1.16 bits per heavy atom. The van der Waals surface area contributed by atoms with E-state index in [0.717, 1.165) is 38.1 Å². The minimum Gasteiger partial charge on any atom is -0.481 e. The van der Waals surface area contributed by atoms with E-state index in [4.69, 9.17) is 5.11 Å². The normalized spacial score (nSPS) is 24.7. The van der Waals surface area contributed by atoms with E-state index in [0.29, 0.717) is 12.6 Å². The summed E-state index contributed by atoms with van der Waals surface area (Å²) >= 11 is 0. The summed E-state index contributed by atoms with van der Waals surface area (Å²) in [7, 11) is 0. The van der Waals surface area contributed by atoms with Crippen molar-refractivity contribution in [2.75, 3.05) is 13.1 Å². The molecular formula is C14H24N2O3. The van der Waals surface area contributed by atoms with Crippen molar-refractivity contribution < 1.29 is 14.7 Å². The van der Waals surface area contributed by atoms with Gasteiger partial charge in [0.25, 0.3) is 0 Å². The van der Waals surface area contributed by atoms with Gasteiger partial charge in [0.15, 0.2) is 0 Å². The van der Waals surface area contributed by atoms with Crippen LogP contribution in [0.5, 0.6) is 0 Å². The lowest BCUT2D eigenvalue weighted by atomic mass is 10.1. The average Bonchev–Trinajstić information content (AvgIpc) is 2.99. The molecule has 0 aromatic heterocycles. The molecule has 2 bridgehead atoms. The summed E-state index contributed by atoms with van der Waals surface area (Å²) in [4.78, 5) is 24.3. The van der Waals surface area contributed by atoms with E-state index >= 15 is 0 Å². The Kier molecular flexibility index (Phi) is 5.05. The first-order valence-electron chi connectivity index (χ1n) is 7.43. The fourth-order valence-corrected chi connectivity index (χ4v) is 3.23. The standard InChI is InChI=1S/C14H24N2O3/c17-13(18)5-3-1-2-4-8-15-14(19)16-10-11-6-7-12(16)9-11/h11-12H,1-10H2,(H,15,19)(H,17,18). The van der Waals surface area contributed by atoms with Crippen LogP contribution in [0.15, 0.2) is 0 Å². The van der Waals surface area contributed by atoms with Crippen LogP contribution < -0.4 is 5.32 Å². The van der Waals surface area contributed by atoms with Crippen LogP contribution >= 0.6 is 0 Å². The maximum Gasteiger partial charge on any atom is 0.317 e. The number of aliphatic carboxylic acids is 1. The summed E-state index contributed by atoms with van der Waals surface area (Å²) in [5.74, 6) is 0.0177. The average molecular weight is 268 g/mol. The van der Waals surface area contributed by atoms with Crippen LogP contribution in [0.4, 0.5) is 4.79 Å². The summed E-state index contributed by atoms with van der Waals surface area (Å²) in [5, 5.41) is 11.5. The molecule has 108 valence electrons. The molecule has 0 spiro atoms. The zero-order chi connectivity index (χ0) is 13.7. The third-order valence-corrected chi connectivity index (χ3v) is 4.26. The number of carboxylic acids is 1. The molecule has 0 aromatic carbocycles. The van der Waals surface area contributed by atoms with Gasteiger partial charge in [0.2, 0.25) is 0 Å². The zero-order valence-corrected chi connectivity index (χ0v) is 11.4. The summed E-state index contributed by atoms with van der Waals surface area (Å²) in [5.41, 5.74) is 0. The number of carboxylic acid groups (broad SMARTS) is 1. The van der Waals surface area contributed by atoms with Crippen molar-refractivity contribution in [1.29, 1.82) is 0 Å². The number of amides is 2. The molecule has 1 heterocycles. The van der Waals surface area contributed by atoms with E-state index in [1.165, 1.54) is 19.3 Å². The molecule has 1 aliphatic heterocycles. The van der Waals surface area contributed by atoms with Gasteiger partial charge in [-0.1, -0.05) is 12.8 Å².